The van der Waals surface area contributed by atoms with Crippen LogP contribution >= 0.6 is 11.8 Å². The van der Waals surface area contributed by atoms with Crippen LogP contribution in [0, 0.1) is 0 Å². The molecule has 1 aliphatic rings. The quantitative estimate of drug-likeness (QED) is 0.800. The predicted molar refractivity (Wildman–Crippen MR) is 49.3 cm³/mol. The van der Waals surface area contributed by atoms with Gasteiger partial charge in [-0.05, 0) is 23.9 Å². The smallest absolute Gasteiger partial charge is 0.347 e. The van der Waals surface area contributed by atoms with Crippen LogP contribution in [0.1, 0.15) is 0 Å². The Hall–Kier alpha value is -1.42. The molecule has 66 valence electrons. The second-order valence-electron chi connectivity index (χ2n) is 2.44. The summed E-state index contributed by atoms with van der Waals surface area (Å²) in [5, 5.41) is 9.03. The molecule has 0 fully saturated rings. The number of para-hydroxylation sites is 1. The molecule has 2 rings (SSSR count). The zero-order valence-electron chi connectivity index (χ0n) is 6.56. The lowest BCUT2D eigenvalue weighted by molar-refractivity contribution is -0.131. The van der Waals surface area contributed by atoms with Crippen LogP contribution in [0.5, 0.6) is 5.75 Å². The van der Waals surface area contributed by atoms with Crippen molar-refractivity contribution in [3.05, 3.63) is 40.3 Å². The van der Waals surface area contributed by atoms with Gasteiger partial charge in [0.25, 0.3) is 0 Å². The Morgan fingerprint density at radius 3 is 2.54 bits per heavy atom. The molecule has 4 heteroatoms. The minimum absolute atomic E-state index is 0.295. The summed E-state index contributed by atoms with van der Waals surface area (Å²) in [5.41, 5.74) is 0. The highest BCUT2D eigenvalue weighted by atomic mass is 32.2. The van der Waals surface area contributed by atoms with E-state index in [1.54, 1.807) is 12.1 Å². The van der Waals surface area contributed by atoms with Crippen LogP contribution in [-0.4, -0.2) is 11.1 Å². The maximum absolute atomic E-state index is 10.4. The first-order valence-electron chi connectivity index (χ1n) is 3.65. The van der Waals surface area contributed by atoms with Crippen LogP contribution in [0.15, 0.2) is 40.3 Å². The second kappa shape index (κ2) is 3.14. The SMILES string of the molecule is O=C(O)C1=C(Oc2ccccc2)S1. The van der Waals surface area contributed by atoms with Gasteiger partial charge in [-0.3, -0.25) is 0 Å². The monoisotopic (exact) mass is 194 g/mol. The highest BCUT2D eigenvalue weighted by Gasteiger charge is 2.32. The number of ether oxygens (including phenoxy) is 1. The number of thioether (sulfide) groups is 1. The first-order chi connectivity index (χ1) is 6.27. The van der Waals surface area contributed by atoms with E-state index >= 15 is 0 Å². The average molecular weight is 194 g/mol. The van der Waals surface area contributed by atoms with Crippen LogP contribution in [0.4, 0.5) is 0 Å². The summed E-state index contributed by atoms with van der Waals surface area (Å²) in [6.07, 6.45) is 0. The van der Waals surface area contributed by atoms with Gasteiger partial charge < -0.3 is 9.84 Å². The molecule has 0 aliphatic carbocycles. The van der Waals surface area contributed by atoms with Crippen molar-refractivity contribution in [2.45, 2.75) is 0 Å². The third-order valence-corrected chi connectivity index (χ3v) is 2.32. The molecule has 1 N–H and O–H groups in total. The molecule has 1 heterocycles. The summed E-state index contributed by atoms with van der Waals surface area (Å²) >= 11 is 1.15. The second-order valence-corrected chi connectivity index (χ2v) is 3.42. The Kier molecular flexibility index (Phi) is 1.98. The Morgan fingerprint density at radius 2 is 2.00 bits per heavy atom. The molecule has 0 amide bonds. The van der Waals surface area contributed by atoms with E-state index in [1.807, 2.05) is 18.2 Å². The van der Waals surface area contributed by atoms with E-state index in [0.29, 0.717) is 15.7 Å². The number of hydrogen-bond acceptors (Lipinski definition) is 3. The van der Waals surface area contributed by atoms with Gasteiger partial charge in [-0.2, -0.15) is 0 Å². The fourth-order valence-electron chi connectivity index (χ4n) is 0.861. The van der Waals surface area contributed by atoms with E-state index < -0.39 is 5.97 Å². The van der Waals surface area contributed by atoms with Gasteiger partial charge in [0.1, 0.15) is 10.7 Å². The summed E-state index contributed by atoms with van der Waals surface area (Å²) in [6, 6.07) is 9.11. The summed E-state index contributed by atoms with van der Waals surface area (Å²) in [5.74, 6) is -0.253. The highest BCUT2D eigenvalue weighted by Crippen LogP contribution is 2.45. The highest BCUT2D eigenvalue weighted by molar-refractivity contribution is 8.14. The van der Waals surface area contributed by atoms with Crippen molar-refractivity contribution in [1.82, 2.24) is 0 Å². The number of carboxylic acid groups (broad SMARTS) is 1. The average Bonchev–Trinajstić information content (AvgIpc) is 2.86. The maximum atomic E-state index is 10.4. The minimum atomic E-state index is -0.920. The molecule has 1 aromatic rings. The van der Waals surface area contributed by atoms with Crippen molar-refractivity contribution < 1.29 is 14.6 Å². The van der Waals surface area contributed by atoms with E-state index in [2.05, 4.69) is 0 Å². The number of carbonyl (C=O) groups is 1. The fraction of sp³-hybridized carbons (Fsp3) is 0. The normalized spacial score (nSPS) is 14.2. The molecule has 0 saturated heterocycles. The topological polar surface area (TPSA) is 46.5 Å². The fourth-order valence-corrected chi connectivity index (χ4v) is 1.35. The van der Waals surface area contributed by atoms with Gasteiger partial charge in [0.15, 0.2) is 5.09 Å². The maximum Gasteiger partial charge on any atom is 0.347 e. The van der Waals surface area contributed by atoms with Gasteiger partial charge in [0, 0.05) is 0 Å². The van der Waals surface area contributed by atoms with E-state index in [1.165, 1.54) is 0 Å². The number of aliphatic carboxylic acids is 1. The Morgan fingerprint density at radius 1 is 1.31 bits per heavy atom. The Balaban J connectivity index is 2.06. The molecule has 0 atom stereocenters. The number of hydrogen-bond donors (Lipinski definition) is 1. The van der Waals surface area contributed by atoms with Gasteiger partial charge in [-0.25, -0.2) is 4.79 Å². The molecular weight excluding hydrogens is 188 g/mol. The predicted octanol–water partition coefficient (Wildman–Crippen LogP) is 2.07. The Bertz CT molecular complexity index is 370. The molecule has 1 aromatic carbocycles. The Labute approximate surface area is 79.0 Å². The first kappa shape index (κ1) is 8.19. The molecule has 1 aliphatic heterocycles. The third-order valence-electron chi connectivity index (χ3n) is 1.49. The molecule has 0 spiro atoms. The molecular formula is C9H6O3S. The summed E-state index contributed by atoms with van der Waals surface area (Å²) in [7, 11) is 0. The third kappa shape index (κ3) is 1.84. The van der Waals surface area contributed by atoms with Crippen molar-refractivity contribution in [3.63, 3.8) is 0 Å². The van der Waals surface area contributed by atoms with Gasteiger partial charge in [0.2, 0.25) is 0 Å². The van der Waals surface area contributed by atoms with Gasteiger partial charge in [0.05, 0.1) is 0 Å². The molecule has 13 heavy (non-hydrogen) atoms. The lowest BCUT2D eigenvalue weighted by Gasteiger charge is -1.96. The number of carboxylic acids is 1. The van der Waals surface area contributed by atoms with Gasteiger partial charge >= 0.3 is 5.97 Å². The van der Waals surface area contributed by atoms with Crippen LogP contribution in [0.3, 0.4) is 0 Å². The van der Waals surface area contributed by atoms with E-state index in [0.717, 1.165) is 11.8 Å². The lowest BCUT2D eigenvalue weighted by atomic mass is 10.3. The van der Waals surface area contributed by atoms with E-state index in [9.17, 15) is 4.79 Å². The molecule has 0 radical (unpaired) electrons. The minimum Gasteiger partial charge on any atom is -0.477 e. The van der Waals surface area contributed by atoms with E-state index in [4.69, 9.17) is 9.84 Å². The van der Waals surface area contributed by atoms with E-state index in [-0.39, 0.29) is 0 Å². The molecule has 0 aromatic heterocycles. The van der Waals surface area contributed by atoms with Crippen LogP contribution < -0.4 is 4.74 Å². The summed E-state index contributed by atoms with van der Waals surface area (Å²) < 4.78 is 5.26. The number of benzene rings is 1. The molecule has 0 bridgehead atoms. The van der Waals surface area contributed by atoms with Crippen molar-refractivity contribution in [2.24, 2.45) is 0 Å². The first-order valence-corrected chi connectivity index (χ1v) is 4.47. The van der Waals surface area contributed by atoms with Crippen molar-refractivity contribution in [2.75, 3.05) is 0 Å². The summed E-state index contributed by atoms with van der Waals surface area (Å²) in [6.45, 7) is 0. The van der Waals surface area contributed by atoms with Crippen molar-refractivity contribution >= 4 is 17.7 Å². The van der Waals surface area contributed by atoms with Crippen molar-refractivity contribution in [1.29, 1.82) is 0 Å². The van der Waals surface area contributed by atoms with Crippen LogP contribution in [0.2, 0.25) is 0 Å². The van der Waals surface area contributed by atoms with Crippen molar-refractivity contribution in [3.8, 4) is 5.75 Å². The number of rotatable bonds is 3. The van der Waals surface area contributed by atoms with Gasteiger partial charge in [-0.15, -0.1) is 0 Å². The van der Waals surface area contributed by atoms with Crippen LogP contribution in [-0.2, 0) is 4.79 Å². The zero-order valence-corrected chi connectivity index (χ0v) is 7.38. The lowest BCUT2D eigenvalue weighted by Crippen LogP contribution is -1.89. The van der Waals surface area contributed by atoms with Gasteiger partial charge in [-0.1, -0.05) is 18.2 Å². The molecule has 0 unspecified atom stereocenters. The molecule has 0 saturated carbocycles. The summed E-state index contributed by atoms with van der Waals surface area (Å²) in [4.78, 5) is 10.7. The largest absolute Gasteiger partial charge is 0.477 e. The standard InChI is InChI=1S/C9H6O3S/c10-8(11)7-9(13-7)12-6-4-2-1-3-5-6/h1-5H,(H,10,11). The zero-order chi connectivity index (χ0) is 9.26. The molecule has 3 nitrogen and oxygen atoms in total. The van der Waals surface area contributed by atoms with Crippen LogP contribution in [0.25, 0.3) is 0 Å².